The summed E-state index contributed by atoms with van der Waals surface area (Å²) in [5.74, 6) is 1.92. The fraction of sp³-hybridized carbons (Fsp3) is 0.0112. The van der Waals surface area contributed by atoms with Gasteiger partial charge in [0.25, 0.3) is 0 Å². The monoisotopic (exact) mass is 1180 g/mol. The number of hydrogen-bond donors (Lipinski definition) is 0. The first kappa shape index (κ1) is 52.7. The van der Waals surface area contributed by atoms with Gasteiger partial charge in [0.05, 0.1) is 22.1 Å². The van der Waals surface area contributed by atoms with E-state index in [2.05, 4.69) is 338 Å². The van der Waals surface area contributed by atoms with Crippen LogP contribution in [0.15, 0.2) is 322 Å². The molecule has 4 nitrogen and oxygen atoms in total. The topological polar surface area (TPSA) is 35.6 Å². The van der Waals surface area contributed by atoms with Crippen molar-refractivity contribution >= 4 is 119 Å². The molecule has 0 saturated heterocycles. The molecule has 0 bridgehead atoms. The fourth-order valence-electron chi connectivity index (χ4n) is 15.4. The molecule has 0 aliphatic rings. The zero-order chi connectivity index (χ0) is 61.3. The van der Waals surface area contributed by atoms with E-state index in [1.54, 1.807) is 0 Å². The van der Waals surface area contributed by atoms with Crippen LogP contribution >= 0.6 is 0 Å². The minimum Gasteiger partial charge on any atom is -0.297 e. The van der Waals surface area contributed by atoms with Crippen LogP contribution in [0.2, 0.25) is 0 Å². The van der Waals surface area contributed by atoms with E-state index in [1.165, 1.54) is 141 Å². The lowest BCUT2D eigenvalue weighted by atomic mass is 9.87. The maximum atomic E-state index is 5.28. The Bertz CT molecular complexity index is 6280. The second-order valence-electron chi connectivity index (χ2n) is 24.8. The van der Waals surface area contributed by atoms with Gasteiger partial charge in [0.1, 0.15) is 11.6 Å². The quantitative estimate of drug-likeness (QED) is 0.118. The summed E-state index contributed by atoms with van der Waals surface area (Å²) < 4.78 is 4.56. The number of nitrogens with zero attached hydrogens (tertiary/aromatic N) is 4. The van der Waals surface area contributed by atoms with Crippen LogP contribution in [0.5, 0.6) is 0 Å². The van der Waals surface area contributed by atoms with Crippen molar-refractivity contribution in [2.24, 2.45) is 0 Å². The van der Waals surface area contributed by atoms with Crippen LogP contribution in [0.4, 0.5) is 0 Å². The third kappa shape index (κ3) is 8.39. The molecule has 432 valence electrons. The lowest BCUT2D eigenvalue weighted by molar-refractivity contribution is 1.00. The van der Waals surface area contributed by atoms with Crippen LogP contribution in [-0.4, -0.2) is 19.1 Å². The van der Waals surface area contributed by atoms with Crippen LogP contribution in [0.25, 0.3) is 186 Å². The smallest absolute Gasteiger partial charge is 0.145 e. The van der Waals surface area contributed by atoms with Gasteiger partial charge < -0.3 is 0 Å². The van der Waals surface area contributed by atoms with Crippen molar-refractivity contribution in [3.8, 4) is 67.3 Å². The first-order chi connectivity index (χ1) is 46.0. The van der Waals surface area contributed by atoms with Gasteiger partial charge in [-0.15, -0.1) is 0 Å². The van der Waals surface area contributed by atoms with E-state index in [1.807, 2.05) is 0 Å². The molecule has 0 aliphatic heterocycles. The van der Waals surface area contributed by atoms with Gasteiger partial charge in [-0.1, -0.05) is 273 Å². The number of aryl methyl sites for hydroxylation is 1. The zero-order valence-electron chi connectivity index (χ0n) is 50.9. The third-order valence-electron chi connectivity index (χ3n) is 19.6. The van der Waals surface area contributed by atoms with Gasteiger partial charge in [-0.25, -0.2) is 9.97 Å². The molecule has 0 N–H and O–H groups in total. The van der Waals surface area contributed by atoms with E-state index in [-0.39, 0.29) is 0 Å². The van der Waals surface area contributed by atoms with Crippen molar-refractivity contribution in [1.82, 2.24) is 19.1 Å². The Morgan fingerprint density at radius 1 is 0.226 bits per heavy atom. The Kier molecular flexibility index (Phi) is 11.9. The van der Waals surface area contributed by atoms with E-state index in [4.69, 9.17) is 9.97 Å². The van der Waals surface area contributed by atoms with Gasteiger partial charge >= 0.3 is 0 Å². The van der Waals surface area contributed by atoms with Crippen LogP contribution in [0, 0.1) is 6.92 Å². The molecule has 0 atom stereocenters. The van der Waals surface area contributed by atoms with Crippen molar-refractivity contribution in [2.45, 2.75) is 6.92 Å². The van der Waals surface area contributed by atoms with Gasteiger partial charge in [-0.05, 0) is 197 Å². The normalized spacial score (nSPS) is 11.9. The predicted molar refractivity (Wildman–Crippen MR) is 394 cm³/mol. The molecular weight excluding hydrogens is 1130 g/mol. The second kappa shape index (κ2) is 20.9. The fourth-order valence-corrected chi connectivity index (χ4v) is 15.4. The average molecular weight is 1180 g/mol. The highest BCUT2D eigenvalue weighted by molar-refractivity contribution is 6.34. The molecule has 18 aromatic carbocycles. The first-order valence-corrected chi connectivity index (χ1v) is 32.0. The summed E-state index contributed by atoms with van der Waals surface area (Å²) in [6, 6.07) is 117. The van der Waals surface area contributed by atoms with Crippen molar-refractivity contribution in [1.29, 1.82) is 0 Å². The summed E-state index contributed by atoms with van der Waals surface area (Å²) in [5, 5.41) is 23.4. The van der Waals surface area contributed by atoms with Crippen molar-refractivity contribution < 1.29 is 0 Å². The van der Waals surface area contributed by atoms with Crippen molar-refractivity contribution in [2.75, 3.05) is 0 Å². The Hall–Kier alpha value is -12.2. The molecule has 2 heterocycles. The minimum absolute atomic E-state index is 0.933. The van der Waals surface area contributed by atoms with E-state index >= 15 is 0 Å². The maximum Gasteiger partial charge on any atom is 0.145 e. The van der Waals surface area contributed by atoms with E-state index in [0.717, 1.165) is 50.7 Å². The molecule has 0 unspecified atom stereocenters. The maximum absolute atomic E-state index is 5.28. The predicted octanol–water partition coefficient (Wildman–Crippen LogP) is 23.9. The molecule has 4 heteroatoms. The number of hydrogen-bond acceptors (Lipinski definition) is 2. The van der Waals surface area contributed by atoms with Crippen molar-refractivity contribution in [3.05, 3.63) is 327 Å². The highest BCUT2D eigenvalue weighted by Gasteiger charge is 2.20. The third-order valence-corrected chi connectivity index (χ3v) is 19.6. The lowest BCUT2D eigenvalue weighted by Crippen LogP contribution is -1.97. The Morgan fingerprint density at radius 2 is 0.613 bits per heavy atom. The van der Waals surface area contributed by atoms with Gasteiger partial charge in [0, 0.05) is 16.9 Å². The number of aromatic nitrogens is 4. The van der Waals surface area contributed by atoms with Crippen LogP contribution in [0.3, 0.4) is 0 Å². The molecule has 20 rings (SSSR count). The van der Waals surface area contributed by atoms with Crippen molar-refractivity contribution in [3.63, 3.8) is 0 Å². The number of benzene rings is 18. The van der Waals surface area contributed by atoms with Gasteiger partial charge in [0.2, 0.25) is 0 Å². The summed E-state index contributed by atoms with van der Waals surface area (Å²) >= 11 is 0. The molecule has 0 radical (unpaired) electrons. The molecule has 0 saturated carbocycles. The average Bonchev–Trinajstić information content (AvgIpc) is 1.54. The summed E-state index contributed by atoms with van der Waals surface area (Å²) in [6.07, 6.45) is 0. The molecule has 0 fully saturated rings. The molecule has 2 aromatic heterocycles. The highest BCUT2D eigenvalue weighted by Crippen LogP contribution is 2.45. The van der Waals surface area contributed by atoms with Crippen LogP contribution in [-0.2, 0) is 0 Å². The Morgan fingerprint density at radius 3 is 1.25 bits per heavy atom. The zero-order valence-corrected chi connectivity index (χ0v) is 50.9. The number of imidazole rings is 2. The summed E-state index contributed by atoms with van der Waals surface area (Å²) in [6.45, 7) is 2.09. The molecule has 0 aliphatic carbocycles. The van der Waals surface area contributed by atoms with E-state index in [9.17, 15) is 0 Å². The number of rotatable bonds is 7. The summed E-state index contributed by atoms with van der Waals surface area (Å²) in [4.78, 5) is 10.3. The highest BCUT2D eigenvalue weighted by atomic mass is 15.1. The second-order valence-corrected chi connectivity index (χ2v) is 24.8. The van der Waals surface area contributed by atoms with Gasteiger partial charge in [0.15, 0.2) is 0 Å². The van der Waals surface area contributed by atoms with Crippen LogP contribution < -0.4 is 0 Å². The first-order valence-electron chi connectivity index (χ1n) is 32.0. The standard InChI is InChI=1S/C49H30N2.C40H26N2/c1-2-11-34(12-3-1)49-50-45-30-35(38-17-6-13-31-10-4-5-16-37(31)38)24-29-46(45)51(49)36-25-22-32(23-26-36)39-27-28-44-42-19-8-15-33-14-7-18-41(47(33)42)43-21-9-20-40(39)48(43)44;1-25-41-37-24-31(34-11-5-7-26-6-2-3-10-33(26)34)18-23-38(37)42(25)32-19-14-27(15-20-32)35-21-16-30-13-12-28-8-4-9-29-17-22-36(35)40(30)39(28)29/h1-30H;2-24H,1H3. The summed E-state index contributed by atoms with van der Waals surface area (Å²) in [5.41, 5.74) is 17.2. The molecule has 0 spiro atoms. The Balaban J connectivity index is 0.000000135. The largest absolute Gasteiger partial charge is 0.297 e. The number of fused-ring (bicyclic) bond motifs is 6. The van der Waals surface area contributed by atoms with Gasteiger partial charge in [-0.3, -0.25) is 9.13 Å². The summed E-state index contributed by atoms with van der Waals surface area (Å²) in [7, 11) is 0. The minimum atomic E-state index is 0.933. The molecule has 93 heavy (non-hydrogen) atoms. The SMILES string of the molecule is Cc1nc2cc(-c3cccc4ccccc34)ccc2n1-c1ccc(-c2ccc3ccc4cccc5ccc2c3c45)cc1.c1ccc(-c2nc3cc(-c4cccc5ccccc45)ccc3n2-c2ccc(-c3ccc4c5cccc6cccc(c7cccc3c74)c65)cc2)cc1. The lowest BCUT2D eigenvalue weighted by Gasteiger charge is -2.17. The van der Waals surface area contributed by atoms with Gasteiger partial charge in [-0.2, -0.15) is 0 Å². The molecular formula is C89H56N4. The van der Waals surface area contributed by atoms with E-state index < -0.39 is 0 Å². The van der Waals surface area contributed by atoms with Crippen LogP contribution in [0.1, 0.15) is 5.82 Å². The Labute approximate surface area is 536 Å². The van der Waals surface area contributed by atoms with E-state index in [0.29, 0.717) is 0 Å². The molecule has 20 aromatic rings. The molecule has 0 amide bonds.